The fourth-order valence-corrected chi connectivity index (χ4v) is 1.75. The van der Waals surface area contributed by atoms with Gasteiger partial charge in [-0.3, -0.25) is 4.79 Å². The van der Waals surface area contributed by atoms with Crippen molar-refractivity contribution in [3.63, 3.8) is 0 Å². The molecule has 0 aliphatic carbocycles. The van der Waals surface area contributed by atoms with Gasteiger partial charge in [0.2, 0.25) is 0 Å². The van der Waals surface area contributed by atoms with Gasteiger partial charge >= 0.3 is 0 Å². The van der Waals surface area contributed by atoms with Crippen LogP contribution in [0, 0.1) is 18.3 Å². The van der Waals surface area contributed by atoms with Crippen LogP contribution in [0.25, 0.3) is 0 Å². The van der Waals surface area contributed by atoms with E-state index in [2.05, 4.69) is 10.3 Å². The SMILES string of the molecule is COc1ccc(NC(=O)c2ccc(C#N)cn2)cc1C. The predicted octanol–water partition coefficient (Wildman–Crippen LogP) is 2.52. The van der Waals surface area contributed by atoms with Gasteiger partial charge in [0.1, 0.15) is 17.5 Å². The summed E-state index contributed by atoms with van der Waals surface area (Å²) in [5.41, 5.74) is 2.27. The number of ether oxygens (including phenoxy) is 1. The van der Waals surface area contributed by atoms with Gasteiger partial charge in [-0.1, -0.05) is 0 Å². The van der Waals surface area contributed by atoms with Crippen LogP contribution in [0.4, 0.5) is 5.69 Å². The Morgan fingerprint density at radius 1 is 1.35 bits per heavy atom. The Hall–Kier alpha value is -2.87. The molecule has 100 valence electrons. The lowest BCUT2D eigenvalue weighted by Gasteiger charge is -2.08. The summed E-state index contributed by atoms with van der Waals surface area (Å²) in [5, 5.41) is 11.4. The van der Waals surface area contributed by atoms with Crippen LogP contribution in [-0.2, 0) is 0 Å². The summed E-state index contributed by atoms with van der Waals surface area (Å²) in [5.74, 6) is 0.443. The number of carbonyl (C=O) groups excluding carboxylic acids is 1. The second kappa shape index (κ2) is 5.85. The third-order valence-corrected chi connectivity index (χ3v) is 2.78. The Labute approximate surface area is 116 Å². The van der Waals surface area contributed by atoms with Gasteiger partial charge in [0.25, 0.3) is 5.91 Å². The zero-order valence-electron chi connectivity index (χ0n) is 11.2. The first kappa shape index (κ1) is 13.6. The van der Waals surface area contributed by atoms with Crippen LogP contribution in [0.3, 0.4) is 0 Å². The highest BCUT2D eigenvalue weighted by atomic mass is 16.5. The van der Waals surface area contributed by atoms with Crippen LogP contribution < -0.4 is 10.1 Å². The molecule has 0 saturated heterocycles. The summed E-state index contributed by atoms with van der Waals surface area (Å²) in [7, 11) is 1.60. The van der Waals surface area contributed by atoms with Crippen LogP contribution >= 0.6 is 0 Å². The summed E-state index contributed by atoms with van der Waals surface area (Å²) < 4.78 is 5.16. The zero-order valence-corrected chi connectivity index (χ0v) is 11.2. The largest absolute Gasteiger partial charge is 0.496 e. The van der Waals surface area contributed by atoms with E-state index in [1.165, 1.54) is 12.3 Å². The predicted molar refractivity (Wildman–Crippen MR) is 74.6 cm³/mol. The fourth-order valence-electron chi connectivity index (χ4n) is 1.75. The van der Waals surface area contributed by atoms with Crippen molar-refractivity contribution in [1.82, 2.24) is 4.98 Å². The molecule has 1 heterocycles. The van der Waals surface area contributed by atoms with Crippen molar-refractivity contribution in [2.45, 2.75) is 6.92 Å². The van der Waals surface area contributed by atoms with E-state index in [9.17, 15) is 4.79 Å². The monoisotopic (exact) mass is 267 g/mol. The Morgan fingerprint density at radius 2 is 2.15 bits per heavy atom. The molecule has 0 saturated carbocycles. The molecule has 0 bridgehead atoms. The summed E-state index contributed by atoms with van der Waals surface area (Å²) in [6.07, 6.45) is 1.37. The van der Waals surface area contributed by atoms with E-state index in [1.807, 2.05) is 19.1 Å². The molecule has 0 fully saturated rings. The van der Waals surface area contributed by atoms with E-state index < -0.39 is 0 Å². The zero-order chi connectivity index (χ0) is 14.5. The van der Waals surface area contributed by atoms with Gasteiger partial charge < -0.3 is 10.1 Å². The maximum absolute atomic E-state index is 12.0. The average Bonchev–Trinajstić information content (AvgIpc) is 2.47. The Balaban J connectivity index is 2.14. The summed E-state index contributed by atoms with van der Waals surface area (Å²) in [4.78, 5) is 15.9. The van der Waals surface area contributed by atoms with Gasteiger partial charge in [0.05, 0.1) is 12.7 Å². The molecule has 0 unspecified atom stereocenters. The summed E-state index contributed by atoms with van der Waals surface area (Å²) >= 11 is 0. The molecule has 0 spiro atoms. The van der Waals surface area contributed by atoms with Crippen molar-refractivity contribution in [2.24, 2.45) is 0 Å². The standard InChI is InChI=1S/C15H13N3O2/c1-10-7-12(4-6-14(10)20-2)18-15(19)13-5-3-11(8-16)9-17-13/h3-7,9H,1-2H3,(H,18,19). The van der Waals surface area contributed by atoms with Crippen molar-refractivity contribution in [1.29, 1.82) is 5.26 Å². The Morgan fingerprint density at radius 3 is 2.70 bits per heavy atom. The summed E-state index contributed by atoms with van der Waals surface area (Å²) in [6, 6.07) is 10.4. The number of nitrogens with one attached hydrogen (secondary N) is 1. The second-order valence-electron chi connectivity index (χ2n) is 4.18. The lowest BCUT2D eigenvalue weighted by atomic mass is 10.2. The highest BCUT2D eigenvalue weighted by Crippen LogP contribution is 2.21. The molecule has 0 atom stereocenters. The van der Waals surface area contributed by atoms with Gasteiger partial charge in [-0.2, -0.15) is 5.26 Å². The van der Waals surface area contributed by atoms with E-state index in [0.717, 1.165) is 11.3 Å². The van der Waals surface area contributed by atoms with Crippen molar-refractivity contribution in [2.75, 3.05) is 12.4 Å². The minimum Gasteiger partial charge on any atom is -0.496 e. The summed E-state index contributed by atoms with van der Waals surface area (Å²) in [6.45, 7) is 1.90. The van der Waals surface area contributed by atoms with Crippen LogP contribution in [0.1, 0.15) is 21.6 Å². The highest BCUT2D eigenvalue weighted by Gasteiger charge is 2.08. The molecule has 1 aromatic carbocycles. The van der Waals surface area contributed by atoms with Crippen LogP contribution in [0.5, 0.6) is 5.75 Å². The quantitative estimate of drug-likeness (QED) is 0.927. The number of rotatable bonds is 3. The van der Waals surface area contributed by atoms with Gasteiger partial charge in [-0.05, 0) is 42.8 Å². The maximum Gasteiger partial charge on any atom is 0.274 e. The molecule has 1 N–H and O–H groups in total. The molecular weight excluding hydrogens is 254 g/mol. The maximum atomic E-state index is 12.0. The first-order chi connectivity index (χ1) is 9.63. The minimum atomic E-state index is -0.320. The van der Waals surface area contributed by atoms with Gasteiger partial charge in [-0.15, -0.1) is 0 Å². The van der Waals surface area contributed by atoms with E-state index in [1.54, 1.807) is 25.3 Å². The molecule has 0 aliphatic heterocycles. The first-order valence-corrected chi connectivity index (χ1v) is 5.96. The Kier molecular flexibility index (Phi) is 3.96. The van der Waals surface area contributed by atoms with Crippen molar-refractivity contribution in [3.05, 3.63) is 53.3 Å². The topological polar surface area (TPSA) is 75.0 Å². The van der Waals surface area contributed by atoms with Crippen LogP contribution in [0.2, 0.25) is 0 Å². The number of benzene rings is 1. The normalized spacial score (nSPS) is 9.65. The molecule has 5 nitrogen and oxygen atoms in total. The number of nitrogens with zero attached hydrogens (tertiary/aromatic N) is 2. The van der Waals surface area contributed by atoms with Gasteiger partial charge in [0, 0.05) is 11.9 Å². The van der Waals surface area contributed by atoms with E-state index in [4.69, 9.17) is 10.00 Å². The number of pyridine rings is 1. The van der Waals surface area contributed by atoms with Gasteiger partial charge in [-0.25, -0.2) is 4.98 Å². The van der Waals surface area contributed by atoms with Gasteiger partial charge in [0.15, 0.2) is 0 Å². The van der Waals surface area contributed by atoms with E-state index >= 15 is 0 Å². The lowest BCUT2D eigenvalue weighted by Crippen LogP contribution is -2.13. The molecule has 5 heteroatoms. The molecule has 1 amide bonds. The molecule has 0 aliphatic rings. The number of aryl methyl sites for hydroxylation is 1. The number of aromatic nitrogens is 1. The van der Waals surface area contributed by atoms with E-state index in [0.29, 0.717) is 11.3 Å². The van der Waals surface area contributed by atoms with Crippen molar-refractivity contribution in [3.8, 4) is 11.8 Å². The average molecular weight is 267 g/mol. The van der Waals surface area contributed by atoms with Crippen molar-refractivity contribution < 1.29 is 9.53 Å². The lowest BCUT2D eigenvalue weighted by molar-refractivity contribution is 0.102. The first-order valence-electron chi connectivity index (χ1n) is 5.96. The Bertz CT molecular complexity index is 673. The number of amides is 1. The minimum absolute atomic E-state index is 0.262. The fraction of sp³-hybridized carbons (Fsp3) is 0.133. The number of methoxy groups -OCH3 is 1. The highest BCUT2D eigenvalue weighted by molar-refractivity contribution is 6.02. The van der Waals surface area contributed by atoms with E-state index in [-0.39, 0.29) is 11.6 Å². The number of nitriles is 1. The molecule has 2 aromatic rings. The second-order valence-corrected chi connectivity index (χ2v) is 4.18. The smallest absolute Gasteiger partial charge is 0.274 e. The molecule has 0 radical (unpaired) electrons. The molecular formula is C15H13N3O2. The van der Waals surface area contributed by atoms with Crippen LogP contribution in [-0.4, -0.2) is 18.0 Å². The van der Waals surface area contributed by atoms with Crippen molar-refractivity contribution >= 4 is 11.6 Å². The number of carbonyl (C=O) groups is 1. The number of hydrogen-bond donors (Lipinski definition) is 1. The molecule has 2 rings (SSSR count). The number of hydrogen-bond acceptors (Lipinski definition) is 4. The third-order valence-electron chi connectivity index (χ3n) is 2.78. The third kappa shape index (κ3) is 2.93. The number of anilines is 1. The van der Waals surface area contributed by atoms with Crippen LogP contribution in [0.15, 0.2) is 36.5 Å². The molecule has 1 aromatic heterocycles. The molecule has 20 heavy (non-hydrogen) atoms.